The Balaban J connectivity index is 2.41. The summed E-state index contributed by atoms with van der Waals surface area (Å²) in [6.45, 7) is 4.11. The number of aromatic hydroxyl groups is 1. The summed E-state index contributed by atoms with van der Waals surface area (Å²) in [6.07, 6.45) is 0. The van der Waals surface area contributed by atoms with Crippen molar-refractivity contribution in [3.63, 3.8) is 0 Å². The molecule has 0 aliphatic rings. The minimum atomic E-state index is -0.0145. The molecule has 1 aromatic carbocycles. The summed E-state index contributed by atoms with van der Waals surface area (Å²) in [5.41, 5.74) is 0.710. The molecule has 0 spiro atoms. The average Bonchev–Trinajstić information content (AvgIpc) is 2.19. The van der Waals surface area contributed by atoms with Crippen LogP contribution in [0.5, 0.6) is 5.75 Å². The summed E-state index contributed by atoms with van der Waals surface area (Å²) in [5.74, 6) is 0.641. The van der Waals surface area contributed by atoms with E-state index in [1.807, 2.05) is 0 Å². The predicted molar refractivity (Wildman–Crippen MR) is 64.3 cm³/mol. The molecule has 1 aromatic rings. The molecular formula is C11H15NO2S. The first-order valence-electron chi connectivity index (χ1n) is 4.78. The number of thioether (sulfide) groups is 1. The third-order valence-electron chi connectivity index (χ3n) is 1.70. The van der Waals surface area contributed by atoms with Gasteiger partial charge in [-0.2, -0.15) is 0 Å². The molecule has 0 unspecified atom stereocenters. The lowest BCUT2D eigenvalue weighted by atomic mass is 10.3. The SMILES string of the molecule is CC(C)SCC(=O)Nc1ccc(O)cc1. The number of amides is 1. The Kier molecular flexibility index (Phi) is 4.49. The summed E-state index contributed by atoms with van der Waals surface area (Å²) >= 11 is 1.60. The van der Waals surface area contributed by atoms with Crippen LogP contribution in [0.3, 0.4) is 0 Å². The lowest BCUT2D eigenvalue weighted by Gasteiger charge is -2.06. The van der Waals surface area contributed by atoms with Gasteiger partial charge in [-0.1, -0.05) is 13.8 Å². The van der Waals surface area contributed by atoms with Crippen LogP contribution in [-0.2, 0) is 4.79 Å². The molecule has 0 atom stereocenters. The van der Waals surface area contributed by atoms with Crippen molar-refractivity contribution in [2.75, 3.05) is 11.1 Å². The maximum absolute atomic E-state index is 11.4. The van der Waals surface area contributed by atoms with Crippen LogP contribution < -0.4 is 5.32 Å². The Morgan fingerprint density at radius 2 is 2.00 bits per heavy atom. The van der Waals surface area contributed by atoms with Crippen LogP contribution in [0.15, 0.2) is 24.3 Å². The largest absolute Gasteiger partial charge is 0.508 e. The van der Waals surface area contributed by atoms with Crippen LogP contribution in [0.4, 0.5) is 5.69 Å². The van der Waals surface area contributed by atoms with Crippen molar-refractivity contribution in [1.29, 1.82) is 0 Å². The molecule has 0 bridgehead atoms. The normalized spacial score (nSPS) is 10.3. The number of phenols is 1. The van der Waals surface area contributed by atoms with Gasteiger partial charge in [-0.25, -0.2) is 0 Å². The Hall–Kier alpha value is -1.16. The van der Waals surface area contributed by atoms with E-state index in [9.17, 15) is 4.79 Å². The van der Waals surface area contributed by atoms with E-state index in [1.54, 1.807) is 36.0 Å². The number of rotatable bonds is 4. The number of hydrogen-bond donors (Lipinski definition) is 2. The molecule has 0 radical (unpaired) electrons. The van der Waals surface area contributed by atoms with E-state index in [4.69, 9.17) is 5.11 Å². The number of carbonyl (C=O) groups excluding carboxylic acids is 1. The minimum Gasteiger partial charge on any atom is -0.508 e. The minimum absolute atomic E-state index is 0.0145. The van der Waals surface area contributed by atoms with Gasteiger partial charge in [0.1, 0.15) is 5.75 Å². The highest BCUT2D eigenvalue weighted by molar-refractivity contribution is 8.00. The van der Waals surface area contributed by atoms with Gasteiger partial charge in [0, 0.05) is 5.69 Å². The average molecular weight is 225 g/mol. The Labute approximate surface area is 93.9 Å². The molecule has 0 saturated heterocycles. The first kappa shape index (κ1) is 11.9. The van der Waals surface area contributed by atoms with Gasteiger partial charge in [0.15, 0.2) is 0 Å². The Morgan fingerprint density at radius 1 is 1.40 bits per heavy atom. The first-order chi connectivity index (χ1) is 7.08. The Morgan fingerprint density at radius 3 is 2.53 bits per heavy atom. The van der Waals surface area contributed by atoms with Crippen molar-refractivity contribution in [2.24, 2.45) is 0 Å². The highest BCUT2D eigenvalue weighted by Gasteiger charge is 2.03. The zero-order valence-corrected chi connectivity index (χ0v) is 9.67. The predicted octanol–water partition coefficient (Wildman–Crippen LogP) is 2.47. The van der Waals surface area contributed by atoms with Crippen molar-refractivity contribution in [3.8, 4) is 5.75 Å². The summed E-state index contributed by atoms with van der Waals surface area (Å²) < 4.78 is 0. The smallest absolute Gasteiger partial charge is 0.234 e. The summed E-state index contributed by atoms with van der Waals surface area (Å²) in [4.78, 5) is 11.4. The van der Waals surface area contributed by atoms with Crippen LogP contribution >= 0.6 is 11.8 Å². The first-order valence-corrected chi connectivity index (χ1v) is 5.83. The standard InChI is InChI=1S/C11H15NO2S/c1-8(2)15-7-11(14)12-9-3-5-10(13)6-4-9/h3-6,8,13H,7H2,1-2H3,(H,12,14). The quantitative estimate of drug-likeness (QED) is 0.774. The number of phenolic OH excluding ortho intramolecular Hbond substituents is 1. The van der Waals surface area contributed by atoms with E-state index < -0.39 is 0 Å². The highest BCUT2D eigenvalue weighted by Crippen LogP contribution is 2.15. The molecule has 0 aliphatic heterocycles. The molecule has 15 heavy (non-hydrogen) atoms. The van der Waals surface area contributed by atoms with Crippen molar-refractivity contribution in [1.82, 2.24) is 0 Å². The van der Waals surface area contributed by atoms with E-state index in [0.717, 1.165) is 0 Å². The third kappa shape index (κ3) is 4.74. The lowest BCUT2D eigenvalue weighted by Crippen LogP contribution is -2.15. The number of nitrogens with one attached hydrogen (secondary N) is 1. The van der Waals surface area contributed by atoms with Crippen LogP contribution in [0.1, 0.15) is 13.8 Å². The highest BCUT2D eigenvalue weighted by atomic mass is 32.2. The molecule has 0 saturated carbocycles. The number of anilines is 1. The second-order valence-corrected chi connectivity index (χ2v) is 5.02. The monoisotopic (exact) mass is 225 g/mol. The Bertz CT molecular complexity index is 322. The van der Waals surface area contributed by atoms with Crippen LogP contribution in [0, 0.1) is 0 Å². The molecule has 1 rings (SSSR count). The second kappa shape index (κ2) is 5.66. The fourth-order valence-electron chi connectivity index (χ4n) is 0.984. The van der Waals surface area contributed by atoms with Gasteiger partial charge in [-0.05, 0) is 29.5 Å². The van der Waals surface area contributed by atoms with Crippen molar-refractivity contribution in [3.05, 3.63) is 24.3 Å². The van der Waals surface area contributed by atoms with Gasteiger partial charge in [0.2, 0.25) is 5.91 Å². The molecule has 2 N–H and O–H groups in total. The molecule has 1 amide bonds. The van der Waals surface area contributed by atoms with Crippen molar-refractivity contribution < 1.29 is 9.90 Å². The molecule has 82 valence electrons. The van der Waals surface area contributed by atoms with Gasteiger partial charge in [0.25, 0.3) is 0 Å². The summed E-state index contributed by atoms with van der Waals surface area (Å²) in [7, 11) is 0. The van der Waals surface area contributed by atoms with Crippen molar-refractivity contribution in [2.45, 2.75) is 19.1 Å². The fraction of sp³-hybridized carbons (Fsp3) is 0.364. The fourth-order valence-corrected chi connectivity index (χ4v) is 1.54. The van der Waals surface area contributed by atoms with Crippen molar-refractivity contribution >= 4 is 23.4 Å². The molecule has 0 heterocycles. The number of carbonyl (C=O) groups is 1. The van der Waals surface area contributed by atoms with E-state index in [2.05, 4.69) is 19.2 Å². The zero-order chi connectivity index (χ0) is 11.3. The van der Waals surface area contributed by atoms with Crippen LogP contribution in [0.2, 0.25) is 0 Å². The maximum atomic E-state index is 11.4. The van der Waals surface area contributed by atoms with E-state index >= 15 is 0 Å². The van der Waals surface area contributed by atoms with E-state index in [1.165, 1.54) is 0 Å². The molecule has 0 fully saturated rings. The molecular weight excluding hydrogens is 210 g/mol. The van der Waals surface area contributed by atoms with Gasteiger partial charge < -0.3 is 10.4 Å². The van der Waals surface area contributed by atoms with E-state index in [0.29, 0.717) is 16.7 Å². The molecule has 4 heteroatoms. The van der Waals surface area contributed by atoms with Gasteiger partial charge in [0.05, 0.1) is 5.75 Å². The maximum Gasteiger partial charge on any atom is 0.234 e. The zero-order valence-electron chi connectivity index (χ0n) is 8.86. The van der Waals surface area contributed by atoms with Crippen LogP contribution in [0.25, 0.3) is 0 Å². The van der Waals surface area contributed by atoms with Gasteiger partial charge in [-0.3, -0.25) is 4.79 Å². The molecule has 3 nitrogen and oxygen atoms in total. The lowest BCUT2D eigenvalue weighted by molar-refractivity contribution is -0.113. The van der Waals surface area contributed by atoms with Crippen LogP contribution in [-0.4, -0.2) is 22.0 Å². The summed E-state index contributed by atoms with van der Waals surface area (Å²) in [6, 6.07) is 6.44. The van der Waals surface area contributed by atoms with Gasteiger partial charge >= 0.3 is 0 Å². The second-order valence-electron chi connectivity index (χ2n) is 3.45. The number of benzene rings is 1. The molecule has 0 aliphatic carbocycles. The third-order valence-corrected chi connectivity index (χ3v) is 2.79. The topological polar surface area (TPSA) is 49.3 Å². The summed E-state index contributed by atoms with van der Waals surface area (Å²) in [5, 5.41) is 12.3. The number of hydrogen-bond acceptors (Lipinski definition) is 3. The van der Waals surface area contributed by atoms with E-state index in [-0.39, 0.29) is 11.7 Å². The molecule has 0 aromatic heterocycles. The van der Waals surface area contributed by atoms with Gasteiger partial charge in [-0.15, -0.1) is 11.8 Å².